The summed E-state index contributed by atoms with van der Waals surface area (Å²) in [5.41, 5.74) is 1.90. The normalized spacial score (nSPS) is 15.1. The predicted octanol–water partition coefficient (Wildman–Crippen LogP) is 2.01. The van der Waals surface area contributed by atoms with Gasteiger partial charge in [-0.1, -0.05) is 24.3 Å². The van der Waals surface area contributed by atoms with E-state index in [9.17, 15) is 9.90 Å². The van der Waals surface area contributed by atoms with Gasteiger partial charge in [0.1, 0.15) is 5.76 Å². The molecule has 0 saturated carbocycles. The second-order valence-corrected chi connectivity index (χ2v) is 3.59. The van der Waals surface area contributed by atoms with Gasteiger partial charge in [0, 0.05) is 12.0 Å². The number of carbonyl (C=O) groups excluding carboxylic acids is 1. The van der Waals surface area contributed by atoms with Crippen LogP contribution in [0.1, 0.15) is 18.1 Å². The van der Waals surface area contributed by atoms with Crippen molar-refractivity contribution in [2.45, 2.75) is 13.3 Å². The van der Waals surface area contributed by atoms with E-state index in [2.05, 4.69) is 0 Å². The summed E-state index contributed by atoms with van der Waals surface area (Å²) >= 11 is 0. The van der Waals surface area contributed by atoms with E-state index in [0.717, 1.165) is 11.1 Å². The molecule has 76 valence electrons. The molecule has 1 aliphatic carbocycles. The smallest absolute Gasteiger partial charge is 0.165 e. The van der Waals surface area contributed by atoms with Crippen LogP contribution in [0.5, 0.6) is 0 Å². The van der Waals surface area contributed by atoms with E-state index in [1.165, 1.54) is 6.92 Å². The number of benzene rings is 1. The average molecular weight is 201 g/mol. The summed E-state index contributed by atoms with van der Waals surface area (Å²) in [6, 6.07) is 7.34. The highest BCUT2D eigenvalue weighted by atomic mass is 16.3. The number of hydrogen-bond acceptors (Lipinski definition) is 3. The SMILES string of the molecule is CC(=O)C1=C(O)Cc2ccccc2C1=N. The summed E-state index contributed by atoms with van der Waals surface area (Å²) < 4.78 is 0. The molecule has 2 N–H and O–H groups in total. The van der Waals surface area contributed by atoms with E-state index >= 15 is 0 Å². The van der Waals surface area contributed by atoms with Gasteiger partial charge >= 0.3 is 0 Å². The van der Waals surface area contributed by atoms with Crippen molar-refractivity contribution in [2.24, 2.45) is 0 Å². The van der Waals surface area contributed by atoms with Crippen LogP contribution < -0.4 is 0 Å². The van der Waals surface area contributed by atoms with Gasteiger partial charge in [-0.3, -0.25) is 10.2 Å². The Morgan fingerprint density at radius 2 is 2.07 bits per heavy atom. The molecule has 0 radical (unpaired) electrons. The van der Waals surface area contributed by atoms with Gasteiger partial charge in [-0.2, -0.15) is 0 Å². The monoisotopic (exact) mass is 201 g/mol. The largest absolute Gasteiger partial charge is 0.511 e. The molecular weight excluding hydrogens is 190 g/mol. The number of nitrogens with one attached hydrogen (secondary N) is 1. The van der Waals surface area contributed by atoms with Crippen LogP contribution in [0.25, 0.3) is 0 Å². The highest BCUT2D eigenvalue weighted by Gasteiger charge is 2.25. The van der Waals surface area contributed by atoms with Gasteiger partial charge in [-0.05, 0) is 12.5 Å². The maximum atomic E-state index is 11.3. The molecule has 0 fully saturated rings. The molecule has 0 amide bonds. The Morgan fingerprint density at radius 3 is 2.73 bits per heavy atom. The number of carbonyl (C=O) groups is 1. The third-order valence-corrected chi connectivity index (χ3v) is 2.54. The second-order valence-electron chi connectivity index (χ2n) is 3.59. The zero-order chi connectivity index (χ0) is 11.0. The zero-order valence-corrected chi connectivity index (χ0v) is 8.37. The van der Waals surface area contributed by atoms with Crippen molar-refractivity contribution in [1.82, 2.24) is 0 Å². The van der Waals surface area contributed by atoms with E-state index in [0.29, 0.717) is 6.42 Å². The minimum Gasteiger partial charge on any atom is -0.511 e. The number of fused-ring (bicyclic) bond motifs is 1. The highest BCUT2D eigenvalue weighted by Crippen LogP contribution is 2.24. The standard InChI is InChI=1S/C12H11NO2/c1-7(14)11-10(15)6-8-4-2-3-5-9(8)12(11)13/h2-5,13,15H,6H2,1H3. The van der Waals surface area contributed by atoms with Crippen molar-refractivity contribution in [1.29, 1.82) is 5.41 Å². The van der Waals surface area contributed by atoms with Crippen LogP contribution in [-0.2, 0) is 11.2 Å². The van der Waals surface area contributed by atoms with Crippen molar-refractivity contribution in [3.63, 3.8) is 0 Å². The number of rotatable bonds is 1. The van der Waals surface area contributed by atoms with Crippen LogP contribution in [0, 0.1) is 5.41 Å². The molecule has 3 heteroatoms. The molecule has 1 aromatic carbocycles. The lowest BCUT2D eigenvalue weighted by atomic mass is 9.87. The zero-order valence-electron chi connectivity index (χ0n) is 8.37. The topological polar surface area (TPSA) is 61.1 Å². The molecule has 2 rings (SSSR count). The van der Waals surface area contributed by atoms with E-state index in [1.54, 1.807) is 6.07 Å². The molecule has 0 aromatic heterocycles. The molecule has 3 nitrogen and oxygen atoms in total. The Hall–Kier alpha value is -1.90. The van der Waals surface area contributed by atoms with Gasteiger partial charge < -0.3 is 5.11 Å². The third-order valence-electron chi connectivity index (χ3n) is 2.54. The first-order chi connectivity index (χ1) is 7.11. The lowest BCUT2D eigenvalue weighted by Gasteiger charge is -2.18. The summed E-state index contributed by atoms with van der Waals surface area (Å²) in [4.78, 5) is 11.3. The minimum absolute atomic E-state index is 0.00574. The molecule has 0 aliphatic heterocycles. The summed E-state index contributed by atoms with van der Waals surface area (Å²) in [7, 11) is 0. The van der Waals surface area contributed by atoms with Crippen molar-refractivity contribution >= 4 is 11.5 Å². The van der Waals surface area contributed by atoms with E-state index < -0.39 is 0 Å². The average Bonchev–Trinajstić information content (AvgIpc) is 2.17. The Kier molecular flexibility index (Phi) is 2.15. The van der Waals surface area contributed by atoms with Crippen molar-refractivity contribution in [3.8, 4) is 0 Å². The third kappa shape index (κ3) is 1.46. The molecule has 1 aliphatic rings. The Morgan fingerprint density at radius 1 is 1.40 bits per heavy atom. The molecule has 0 spiro atoms. The molecular formula is C12H11NO2. The fourth-order valence-corrected chi connectivity index (χ4v) is 1.85. The summed E-state index contributed by atoms with van der Waals surface area (Å²) in [5.74, 6) is -0.252. The number of hydrogen-bond donors (Lipinski definition) is 2. The molecule has 0 heterocycles. The molecule has 0 saturated heterocycles. The first kappa shape index (κ1) is 9.65. The number of Topliss-reactive ketones (excluding diaryl/α,β-unsaturated/α-hetero) is 1. The molecule has 1 aromatic rings. The molecule has 0 atom stereocenters. The summed E-state index contributed by atoms with van der Waals surface area (Å²) in [5, 5.41) is 17.5. The van der Waals surface area contributed by atoms with Gasteiger partial charge in [-0.15, -0.1) is 0 Å². The van der Waals surface area contributed by atoms with Crippen molar-refractivity contribution < 1.29 is 9.90 Å². The van der Waals surface area contributed by atoms with Crippen molar-refractivity contribution in [2.75, 3.05) is 0 Å². The van der Waals surface area contributed by atoms with Crippen molar-refractivity contribution in [3.05, 3.63) is 46.7 Å². The van der Waals surface area contributed by atoms with Crippen LogP contribution in [0.2, 0.25) is 0 Å². The van der Waals surface area contributed by atoms with Crippen LogP contribution >= 0.6 is 0 Å². The predicted molar refractivity (Wildman–Crippen MR) is 57.3 cm³/mol. The summed E-state index contributed by atoms with van der Waals surface area (Å²) in [6.07, 6.45) is 0.341. The molecule has 0 bridgehead atoms. The van der Waals surface area contributed by atoms with E-state index in [4.69, 9.17) is 5.41 Å². The highest BCUT2D eigenvalue weighted by molar-refractivity contribution is 6.28. The number of aliphatic hydroxyl groups excluding tert-OH is 1. The molecule has 0 unspecified atom stereocenters. The fraction of sp³-hybridized carbons (Fsp3) is 0.167. The maximum Gasteiger partial charge on any atom is 0.165 e. The van der Waals surface area contributed by atoms with E-state index in [-0.39, 0.29) is 22.8 Å². The Labute approximate surface area is 87.6 Å². The Bertz CT molecular complexity index is 486. The fourth-order valence-electron chi connectivity index (χ4n) is 1.85. The Balaban J connectivity index is 2.58. The second kappa shape index (κ2) is 3.35. The van der Waals surface area contributed by atoms with Gasteiger partial charge in [0.2, 0.25) is 0 Å². The van der Waals surface area contributed by atoms with Crippen LogP contribution in [-0.4, -0.2) is 16.6 Å². The minimum atomic E-state index is -0.257. The van der Waals surface area contributed by atoms with Gasteiger partial charge in [-0.25, -0.2) is 0 Å². The number of allylic oxidation sites excluding steroid dienone is 2. The first-order valence-corrected chi connectivity index (χ1v) is 4.71. The number of ketones is 1. The quantitative estimate of drug-likeness (QED) is 0.730. The van der Waals surface area contributed by atoms with Crippen LogP contribution in [0.4, 0.5) is 0 Å². The summed E-state index contributed by atoms with van der Waals surface area (Å²) in [6.45, 7) is 1.37. The van der Waals surface area contributed by atoms with Gasteiger partial charge in [0.15, 0.2) is 5.78 Å². The number of aliphatic hydroxyl groups is 1. The lowest BCUT2D eigenvalue weighted by Crippen LogP contribution is -2.20. The van der Waals surface area contributed by atoms with Gasteiger partial charge in [0.25, 0.3) is 0 Å². The van der Waals surface area contributed by atoms with Gasteiger partial charge in [0.05, 0.1) is 11.3 Å². The van der Waals surface area contributed by atoms with Crippen LogP contribution in [0.15, 0.2) is 35.6 Å². The lowest BCUT2D eigenvalue weighted by molar-refractivity contribution is -0.113. The molecule has 15 heavy (non-hydrogen) atoms. The first-order valence-electron chi connectivity index (χ1n) is 4.71. The van der Waals surface area contributed by atoms with E-state index in [1.807, 2.05) is 18.2 Å². The maximum absolute atomic E-state index is 11.3. The van der Waals surface area contributed by atoms with Crippen LogP contribution in [0.3, 0.4) is 0 Å².